The summed E-state index contributed by atoms with van der Waals surface area (Å²) in [6.45, 7) is 13.2. The van der Waals surface area contributed by atoms with Gasteiger partial charge in [-0.1, -0.05) is 20.8 Å². The van der Waals surface area contributed by atoms with Crippen molar-refractivity contribution in [2.24, 2.45) is 0 Å². The van der Waals surface area contributed by atoms with Crippen molar-refractivity contribution in [1.29, 1.82) is 0 Å². The van der Waals surface area contributed by atoms with Crippen LogP contribution in [0.2, 0.25) is 18.1 Å². The van der Waals surface area contributed by atoms with E-state index >= 15 is 0 Å². The summed E-state index contributed by atoms with van der Waals surface area (Å²) in [5, 5.41) is 0.164. The molecule has 0 bridgehead atoms. The van der Waals surface area contributed by atoms with Crippen molar-refractivity contribution in [3.05, 3.63) is 0 Å². The van der Waals surface area contributed by atoms with Crippen LogP contribution in [0.25, 0.3) is 0 Å². The fourth-order valence-corrected chi connectivity index (χ4v) is 4.38. The van der Waals surface area contributed by atoms with Crippen molar-refractivity contribution in [2.75, 3.05) is 27.0 Å². The Morgan fingerprint density at radius 2 is 2.00 bits per heavy atom. The Hall–Kier alpha value is -0.273. The van der Waals surface area contributed by atoms with E-state index in [4.69, 9.17) is 13.9 Å². The molecule has 0 aromatic heterocycles. The number of fused-ring (bicyclic) bond motifs is 1. The maximum atomic E-state index is 11.8. The van der Waals surface area contributed by atoms with Gasteiger partial charge in [0.2, 0.25) is 0 Å². The van der Waals surface area contributed by atoms with E-state index < -0.39 is 8.32 Å². The number of ketones is 1. The zero-order valence-corrected chi connectivity index (χ0v) is 15.8. The lowest BCUT2D eigenvalue weighted by molar-refractivity contribution is -0.129. The third-order valence-electron chi connectivity index (χ3n) is 5.37. The highest BCUT2D eigenvalue weighted by molar-refractivity contribution is 6.74. The second kappa shape index (κ2) is 6.69. The van der Waals surface area contributed by atoms with Crippen LogP contribution in [-0.4, -0.2) is 64.2 Å². The van der Waals surface area contributed by atoms with Gasteiger partial charge < -0.3 is 13.9 Å². The summed E-state index contributed by atoms with van der Waals surface area (Å²) in [5.74, 6) is 0.334. The molecule has 0 spiro atoms. The number of hydrogen-bond donors (Lipinski definition) is 0. The molecule has 0 aromatic carbocycles. The maximum Gasteiger partial charge on any atom is 0.192 e. The largest absolute Gasteiger partial charge is 0.410 e. The molecule has 22 heavy (non-hydrogen) atoms. The number of piperidine rings is 1. The SMILES string of the molecule is COCO[C@@H]1[C@H]2CC(=O)CCN2C[C@H]1O[Si](C)(C)C(C)(C)C. The Bertz CT molecular complexity index is 407. The van der Waals surface area contributed by atoms with Gasteiger partial charge in [-0.15, -0.1) is 0 Å². The predicted molar refractivity (Wildman–Crippen MR) is 88.4 cm³/mol. The van der Waals surface area contributed by atoms with Gasteiger partial charge in [0.25, 0.3) is 0 Å². The molecule has 0 amide bonds. The third-order valence-corrected chi connectivity index (χ3v) is 9.88. The van der Waals surface area contributed by atoms with Crippen molar-refractivity contribution in [3.63, 3.8) is 0 Å². The van der Waals surface area contributed by atoms with E-state index in [2.05, 4.69) is 38.8 Å². The molecule has 128 valence electrons. The van der Waals surface area contributed by atoms with Gasteiger partial charge in [0.05, 0.1) is 6.10 Å². The van der Waals surface area contributed by atoms with E-state index in [1.165, 1.54) is 0 Å². The first-order chi connectivity index (χ1) is 10.2. The summed E-state index contributed by atoms with van der Waals surface area (Å²) in [6.07, 6.45) is 1.19. The van der Waals surface area contributed by atoms with Crippen LogP contribution < -0.4 is 0 Å². The van der Waals surface area contributed by atoms with Crippen LogP contribution in [0.1, 0.15) is 33.6 Å². The number of nitrogens with zero attached hydrogens (tertiary/aromatic N) is 1. The van der Waals surface area contributed by atoms with Gasteiger partial charge in [-0.3, -0.25) is 9.69 Å². The molecule has 2 heterocycles. The van der Waals surface area contributed by atoms with E-state index in [1.54, 1.807) is 7.11 Å². The highest BCUT2D eigenvalue weighted by atomic mass is 28.4. The first-order valence-electron chi connectivity index (χ1n) is 8.20. The lowest BCUT2D eigenvalue weighted by Gasteiger charge is -2.39. The molecule has 2 saturated heterocycles. The van der Waals surface area contributed by atoms with Crippen molar-refractivity contribution in [3.8, 4) is 0 Å². The van der Waals surface area contributed by atoms with Crippen LogP contribution in [0.4, 0.5) is 0 Å². The minimum absolute atomic E-state index is 0.0342. The van der Waals surface area contributed by atoms with Gasteiger partial charge in [-0.2, -0.15) is 0 Å². The quantitative estimate of drug-likeness (QED) is 0.573. The van der Waals surface area contributed by atoms with E-state index in [1.807, 2.05) is 0 Å². The number of methoxy groups -OCH3 is 1. The highest BCUT2D eigenvalue weighted by Gasteiger charge is 2.49. The maximum absolute atomic E-state index is 11.8. The monoisotopic (exact) mass is 329 g/mol. The molecule has 0 aromatic rings. The van der Waals surface area contributed by atoms with Crippen molar-refractivity contribution >= 4 is 14.1 Å². The normalized spacial score (nSPS) is 30.6. The molecule has 5 nitrogen and oxygen atoms in total. The van der Waals surface area contributed by atoms with E-state index in [0.29, 0.717) is 18.6 Å². The number of carbonyl (C=O) groups excluding carboxylic acids is 1. The Morgan fingerprint density at radius 3 is 2.59 bits per heavy atom. The predicted octanol–water partition coefficient (Wildman–Crippen LogP) is 2.41. The summed E-state index contributed by atoms with van der Waals surface area (Å²) in [4.78, 5) is 14.2. The van der Waals surface area contributed by atoms with Crippen LogP contribution in [0, 0.1) is 0 Å². The van der Waals surface area contributed by atoms with Gasteiger partial charge in [-0.25, -0.2) is 0 Å². The number of Topliss-reactive ketones (excluding diaryl/α,β-unsaturated/α-hetero) is 1. The average Bonchev–Trinajstić information content (AvgIpc) is 2.71. The van der Waals surface area contributed by atoms with Crippen LogP contribution in [-0.2, 0) is 18.7 Å². The van der Waals surface area contributed by atoms with Crippen molar-refractivity contribution < 1.29 is 18.7 Å². The fourth-order valence-electron chi connectivity index (χ4n) is 3.06. The van der Waals surface area contributed by atoms with Gasteiger partial charge in [0.1, 0.15) is 18.7 Å². The lowest BCUT2D eigenvalue weighted by atomic mass is 9.99. The number of hydrogen-bond acceptors (Lipinski definition) is 5. The fraction of sp³-hybridized carbons (Fsp3) is 0.938. The molecule has 0 radical (unpaired) electrons. The minimum Gasteiger partial charge on any atom is -0.410 e. The summed E-state index contributed by atoms with van der Waals surface area (Å²) in [5.41, 5.74) is 0. The summed E-state index contributed by atoms with van der Waals surface area (Å²) < 4.78 is 17.6. The molecule has 2 aliphatic rings. The third kappa shape index (κ3) is 3.79. The van der Waals surface area contributed by atoms with Crippen LogP contribution in [0.3, 0.4) is 0 Å². The van der Waals surface area contributed by atoms with Crippen molar-refractivity contribution in [1.82, 2.24) is 4.90 Å². The Kier molecular flexibility index (Phi) is 5.49. The standard InChI is InChI=1S/C16H31NO4Si/c1-16(2,3)22(5,6)21-14-10-17-8-7-12(18)9-13(17)15(14)20-11-19-4/h13-15H,7-11H2,1-6H3/t13-,14-,15-/m1/s1. The zero-order chi connectivity index (χ0) is 16.5. The number of ether oxygens (including phenoxy) is 2. The Balaban J connectivity index is 2.13. The molecule has 2 aliphatic heterocycles. The first kappa shape index (κ1) is 18.1. The number of carbonyl (C=O) groups is 1. The molecule has 0 saturated carbocycles. The molecule has 0 unspecified atom stereocenters. The van der Waals surface area contributed by atoms with Gasteiger partial charge >= 0.3 is 0 Å². The highest BCUT2D eigenvalue weighted by Crippen LogP contribution is 2.40. The molecule has 3 atom stereocenters. The topological polar surface area (TPSA) is 48.0 Å². The summed E-state index contributed by atoms with van der Waals surface area (Å²) in [6, 6.07) is 0.145. The molecular formula is C16H31NO4Si. The van der Waals surface area contributed by atoms with Crippen LogP contribution in [0.15, 0.2) is 0 Å². The van der Waals surface area contributed by atoms with Crippen LogP contribution >= 0.6 is 0 Å². The van der Waals surface area contributed by atoms with E-state index in [-0.39, 0.29) is 30.1 Å². The molecule has 0 aliphatic carbocycles. The molecule has 2 fully saturated rings. The van der Waals surface area contributed by atoms with Crippen LogP contribution in [0.5, 0.6) is 0 Å². The molecular weight excluding hydrogens is 298 g/mol. The first-order valence-corrected chi connectivity index (χ1v) is 11.1. The van der Waals surface area contributed by atoms with Gasteiger partial charge in [0, 0.05) is 39.1 Å². The zero-order valence-electron chi connectivity index (χ0n) is 14.8. The average molecular weight is 330 g/mol. The van der Waals surface area contributed by atoms with Gasteiger partial charge in [0.15, 0.2) is 8.32 Å². The Morgan fingerprint density at radius 1 is 1.32 bits per heavy atom. The molecule has 2 rings (SSSR count). The second-order valence-corrected chi connectivity index (χ2v) is 12.8. The van der Waals surface area contributed by atoms with E-state index in [0.717, 1.165) is 13.1 Å². The van der Waals surface area contributed by atoms with Crippen molar-refractivity contribution in [2.45, 2.75) is 70.0 Å². The second-order valence-electron chi connectivity index (χ2n) is 8.01. The molecule has 0 N–H and O–H groups in total. The summed E-state index contributed by atoms with van der Waals surface area (Å²) >= 11 is 0. The van der Waals surface area contributed by atoms with Gasteiger partial charge in [-0.05, 0) is 18.1 Å². The number of rotatable bonds is 5. The smallest absolute Gasteiger partial charge is 0.192 e. The minimum atomic E-state index is -1.86. The lowest BCUT2D eigenvalue weighted by Crippen LogP contribution is -2.48. The molecule has 6 heteroatoms. The Labute approximate surface area is 135 Å². The van der Waals surface area contributed by atoms with E-state index in [9.17, 15) is 4.79 Å². The summed E-state index contributed by atoms with van der Waals surface area (Å²) in [7, 11) is -0.237.